The van der Waals surface area contributed by atoms with Crippen molar-refractivity contribution in [3.05, 3.63) is 60.2 Å². The van der Waals surface area contributed by atoms with E-state index in [1.54, 1.807) is 49.5 Å². The first-order valence-electron chi connectivity index (χ1n) is 10.1. The summed E-state index contributed by atoms with van der Waals surface area (Å²) in [5, 5.41) is 22.7. The number of benzene rings is 3. The fraction of sp³-hybridized carbons (Fsp3) is 0.292. The van der Waals surface area contributed by atoms with Crippen LogP contribution in [0.1, 0.15) is 16.8 Å². The fourth-order valence-corrected chi connectivity index (χ4v) is 3.89. The Kier molecular flexibility index (Phi) is 5.86. The molecule has 0 saturated carbocycles. The Morgan fingerprint density at radius 3 is 2.55 bits per heavy atom. The van der Waals surface area contributed by atoms with Crippen molar-refractivity contribution in [3.8, 4) is 23.0 Å². The van der Waals surface area contributed by atoms with E-state index < -0.39 is 12.2 Å². The molecule has 0 aromatic heterocycles. The van der Waals surface area contributed by atoms with E-state index in [0.717, 1.165) is 5.39 Å². The van der Waals surface area contributed by atoms with Crippen LogP contribution in [0, 0.1) is 0 Å². The highest BCUT2D eigenvalue weighted by Crippen LogP contribution is 2.33. The molecule has 3 aromatic rings. The molecule has 4 rings (SSSR count). The van der Waals surface area contributed by atoms with Crippen LogP contribution in [0.3, 0.4) is 0 Å². The number of piperidine rings is 1. The van der Waals surface area contributed by atoms with E-state index >= 15 is 0 Å². The Morgan fingerprint density at radius 2 is 1.81 bits per heavy atom. The van der Waals surface area contributed by atoms with Gasteiger partial charge in [0, 0.05) is 24.4 Å². The van der Waals surface area contributed by atoms with Crippen LogP contribution in [0.5, 0.6) is 23.0 Å². The van der Waals surface area contributed by atoms with Crippen LogP contribution in [-0.4, -0.2) is 60.5 Å². The van der Waals surface area contributed by atoms with E-state index in [-0.39, 0.29) is 23.8 Å². The molecule has 1 saturated heterocycles. The molecule has 162 valence electrons. The zero-order chi connectivity index (χ0) is 22.0. The van der Waals surface area contributed by atoms with E-state index in [4.69, 9.17) is 14.2 Å². The number of likely N-dealkylation sites (tertiary alicyclic amines) is 1. The molecule has 2 N–H and O–H groups in total. The van der Waals surface area contributed by atoms with Gasteiger partial charge in [-0.25, -0.2) is 0 Å². The van der Waals surface area contributed by atoms with E-state index in [2.05, 4.69) is 0 Å². The van der Waals surface area contributed by atoms with Gasteiger partial charge < -0.3 is 29.3 Å². The van der Waals surface area contributed by atoms with Crippen LogP contribution in [0.4, 0.5) is 0 Å². The Morgan fingerprint density at radius 1 is 1.03 bits per heavy atom. The van der Waals surface area contributed by atoms with Gasteiger partial charge in [-0.3, -0.25) is 4.79 Å². The van der Waals surface area contributed by atoms with Gasteiger partial charge in [-0.15, -0.1) is 0 Å². The summed E-state index contributed by atoms with van der Waals surface area (Å²) in [6.45, 7) is 0.517. The summed E-state index contributed by atoms with van der Waals surface area (Å²) in [6.07, 6.45) is -0.879. The summed E-state index contributed by atoms with van der Waals surface area (Å²) >= 11 is 0. The molecular formula is C24H25NO6. The number of aliphatic hydroxyl groups excluding tert-OH is 1. The maximum absolute atomic E-state index is 13.0. The number of phenols is 1. The molecule has 0 spiro atoms. The van der Waals surface area contributed by atoms with Gasteiger partial charge in [0.05, 0.1) is 26.3 Å². The quantitative estimate of drug-likeness (QED) is 0.655. The fourth-order valence-electron chi connectivity index (χ4n) is 3.89. The normalized spacial score (nSPS) is 18.6. The van der Waals surface area contributed by atoms with Gasteiger partial charge in [0.2, 0.25) is 0 Å². The predicted octanol–water partition coefficient (Wildman–Crippen LogP) is 3.22. The number of phenolic OH excluding ortho intramolecular Hbond substituents is 1. The lowest BCUT2D eigenvalue weighted by Gasteiger charge is -2.36. The number of carbonyl (C=O) groups is 1. The molecule has 0 radical (unpaired) electrons. The highest BCUT2D eigenvalue weighted by atomic mass is 16.5. The van der Waals surface area contributed by atoms with Gasteiger partial charge in [0.15, 0.2) is 11.5 Å². The second-order valence-electron chi connectivity index (χ2n) is 7.46. The first kappa shape index (κ1) is 20.8. The highest BCUT2D eigenvalue weighted by molar-refractivity contribution is 6.03. The SMILES string of the molecule is COc1ccc(O[C@@H]2CCN(C(=O)c3ccc4ccccc4c3O)C[C@H]2O)cc1OC. The number of ether oxygens (including phenoxy) is 3. The smallest absolute Gasteiger partial charge is 0.257 e. The molecule has 3 aromatic carbocycles. The second-order valence-corrected chi connectivity index (χ2v) is 7.46. The average Bonchev–Trinajstić information content (AvgIpc) is 2.80. The number of nitrogens with zero attached hydrogens (tertiary/aromatic N) is 1. The number of β-amino-alcohol motifs (C(OH)–C–C–N with tert-alkyl or cyclic N) is 1. The summed E-state index contributed by atoms with van der Waals surface area (Å²) in [5.41, 5.74) is 0.227. The van der Waals surface area contributed by atoms with Crippen molar-refractivity contribution in [2.75, 3.05) is 27.3 Å². The third-order valence-electron chi connectivity index (χ3n) is 5.58. The summed E-state index contributed by atoms with van der Waals surface area (Å²) in [7, 11) is 3.10. The van der Waals surface area contributed by atoms with E-state index in [1.165, 1.54) is 0 Å². The van der Waals surface area contributed by atoms with Crippen molar-refractivity contribution in [1.82, 2.24) is 4.90 Å². The maximum atomic E-state index is 13.0. The van der Waals surface area contributed by atoms with Crippen LogP contribution < -0.4 is 14.2 Å². The van der Waals surface area contributed by atoms with Crippen LogP contribution in [0.15, 0.2) is 54.6 Å². The standard InChI is InChI=1S/C24H25NO6/c1-29-21-10-8-16(13-22(21)30-2)31-20-11-12-25(14-19(20)26)24(28)18-9-7-15-5-3-4-6-17(15)23(18)27/h3-10,13,19-20,26-27H,11-12,14H2,1-2H3/t19-,20-/m1/s1. The lowest BCUT2D eigenvalue weighted by atomic mass is 10.0. The zero-order valence-corrected chi connectivity index (χ0v) is 17.4. The first-order valence-corrected chi connectivity index (χ1v) is 10.1. The van der Waals surface area contributed by atoms with Crippen molar-refractivity contribution in [1.29, 1.82) is 0 Å². The Hall–Kier alpha value is -3.45. The number of rotatable bonds is 5. The molecule has 1 aliphatic heterocycles. The van der Waals surface area contributed by atoms with Gasteiger partial charge >= 0.3 is 0 Å². The van der Waals surface area contributed by atoms with Gasteiger partial charge in [-0.05, 0) is 23.6 Å². The Balaban J connectivity index is 1.46. The Labute approximate surface area is 180 Å². The lowest BCUT2D eigenvalue weighted by molar-refractivity contribution is -0.0200. The molecule has 1 amide bonds. The second kappa shape index (κ2) is 8.73. The molecule has 7 nitrogen and oxygen atoms in total. The van der Waals surface area contributed by atoms with Crippen molar-refractivity contribution in [2.24, 2.45) is 0 Å². The van der Waals surface area contributed by atoms with Crippen molar-refractivity contribution >= 4 is 16.7 Å². The molecule has 0 aliphatic carbocycles. The monoisotopic (exact) mass is 423 g/mol. The summed E-state index contributed by atoms with van der Waals surface area (Å²) < 4.78 is 16.5. The molecule has 0 unspecified atom stereocenters. The topological polar surface area (TPSA) is 88.5 Å². The third-order valence-corrected chi connectivity index (χ3v) is 5.58. The number of amides is 1. The van der Waals surface area contributed by atoms with E-state index in [9.17, 15) is 15.0 Å². The molecule has 0 bridgehead atoms. The zero-order valence-electron chi connectivity index (χ0n) is 17.4. The van der Waals surface area contributed by atoms with Gasteiger partial charge in [0.1, 0.15) is 23.7 Å². The van der Waals surface area contributed by atoms with E-state index in [1.807, 2.05) is 24.3 Å². The van der Waals surface area contributed by atoms with Crippen molar-refractivity contribution in [3.63, 3.8) is 0 Å². The summed E-state index contributed by atoms with van der Waals surface area (Å²) in [6, 6.07) is 16.0. The summed E-state index contributed by atoms with van der Waals surface area (Å²) in [4.78, 5) is 14.6. The third kappa shape index (κ3) is 4.09. The lowest BCUT2D eigenvalue weighted by Crippen LogP contribution is -2.51. The molecule has 1 heterocycles. The molecule has 31 heavy (non-hydrogen) atoms. The largest absolute Gasteiger partial charge is 0.506 e. The first-order chi connectivity index (χ1) is 15.0. The number of hydrogen-bond donors (Lipinski definition) is 2. The van der Waals surface area contributed by atoms with Crippen LogP contribution in [-0.2, 0) is 0 Å². The molecule has 1 aliphatic rings. The molecule has 2 atom stereocenters. The minimum absolute atomic E-state index is 0.0405. The minimum Gasteiger partial charge on any atom is -0.506 e. The average molecular weight is 423 g/mol. The number of carbonyl (C=O) groups excluding carboxylic acids is 1. The molecule has 7 heteroatoms. The van der Waals surface area contributed by atoms with Crippen LogP contribution in [0.25, 0.3) is 10.8 Å². The van der Waals surface area contributed by atoms with E-state index in [0.29, 0.717) is 35.6 Å². The van der Waals surface area contributed by atoms with Gasteiger partial charge in [0.25, 0.3) is 5.91 Å². The van der Waals surface area contributed by atoms with Crippen LogP contribution >= 0.6 is 0 Å². The predicted molar refractivity (Wildman–Crippen MR) is 116 cm³/mol. The van der Waals surface area contributed by atoms with Crippen LogP contribution in [0.2, 0.25) is 0 Å². The Bertz CT molecular complexity index is 1100. The van der Waals surface area contributed by atoms with Gasteiger partial charge in [-0.1, -0.05) is 30.3 Å². The highest BCUT2D eigenvalue weighted by Gasteiger charge is 2.33. The number of fused-ring (bicyclic) bond motifs is 1. The number of methoxy groups -OCH3 is 2. The summed E-state index contributed by atoms with van der Waals surface area (Å²) in [5.74, 6) is 1.32. The molecule has 1 fully saturated rings. The number of aromatic hydroxyl groups is 1. The van der Waals surface area contributed by atoms with Crippen molar-refractivity contribution in [2.45, 2.75) is 18.6 Å². The molecular weight excluding hydrogens is 398 g/mol. The van der Waals surface area contributed by atoms with Gasteiger partial charge in [-0.2, -0.15) is 0 Å². The minimum atomic E-state index is -0.867. The number of hydrogen-bond acceptors (Lipinski definition) is 6. The van der Waals surface area contributed by atoms with Crippen molar-refractivity contribution < 1.29 is 29.2 Å². The maximum Gasteiger partial charge on any atom is 0.257 e. The number of aliphatic hydroxyl groups is 1.